The lowest BCUT2D eigenvalue weighted by Gasteiger charge is -2.25. The van der Waals surface area contributed by atoms with E-state index >= 15 is 0 Å². The molecule has 0 radical (unpaired) electrons. The number of hydrogen-bond donors (Lipinski definition) is 1. The van der Waals surface area contributed by atoms with Crippen LogP contribution in [0.1, 0.15) is 66.2 Å². The topological polar surface area (TPSA) is 93.1 Å². The van der Waals surface area contributed by atoms with Gasteiger partial charge in [-0.25, -0.2) is 4.79 Å². The molecular weight excluding hydrogens is 494 g/mol. The third-order valence-electron chi connectivity index (χ3n) is 6.86. The van der Waals surface area contributed by atoms with E-state index in [-0.39, 0.29) is 11.3 Å². The molecule has 4 rings (SSSR count). The Labute approximate surface area is 228 Å². The molecule has 202 valence electrons. The van der Waals surface area contributed by atoms with Crippen molar-refractivity contribution in [2.75, 3.05) is 18.6 Å². The summed E-state index contributed by atoms with van der Waals surface area (Å²) < 4.78 is 10.5. The first kappa shape index (κ1) is 27.6. The SMILES string of the molecule is CCCCCOc1ccc(/C(O)=C2\C(=O)C(=O)N(c3ccc(C(=O)OC)cc3)C2c2ccc(CC)cc2)cc1. The van der Waals surface area contributed by atoms with Gasteiger partial charge in [0.2, 0.25) is 0 Å². The van der Waals surface area contributed by atoms with Crippen molar-refractivity contribution in [3.05, 3.63) is 101 Å². The van der Waals surface area contributed by atoms with Crippen LogP contribution in [0.3, 0.4) is 0 Å². The van der Waals surface area contributed by atoms with E-state index in [2.05, 4.69) is 6.92 Å². The number of hydrogen-bond acceptors (Lipinski definition) is 6. The first-order valence-electron chi connectivity index (χ1n) is 13.2. The number of carbonyl (C=O) groups is 3. The zero-order valence-corrected chi connectivity index (χ0v) is 22.5. The average Bonchev–Trinajstić information content (AvgIpc) is 3.24. The Kier molecular flexibility index (Phi) is 8.81. The summed E-state index contributed by atoms with van der Waals surface area (Å²) in [6, 6.07) is 19.9. The van der Waals surface area contributed by atoms with Crippen LogP contribution >= 0.6 is 0 Å². The molecule has 7 heteroatoms. The first-order valence-corrected chi connectivity index (χ1v) is 13.2. The molecule has 1 aliphatic rings. The third kappa shape index (κ3) is 5.87. The molecule has 1 amide bonds. The van der Waals surface area contributed by atoms with Gasteiger partial charge in [0.15, 0.2) is 0 Å². The number of methoxy groups -OCH3 is 1. The van der Waals surface area contributed by atoms with Crippen LogP contribution in [0.4, 0.5) is 5.69 Å². The summed E-state index contributed by atoms with van der Waals surface area (Å²) in [6.07, 6.45) is 3.98. The number of esters is 1. The molecule has 1 aliphatic heterocycles. The summed E-state index contributed by atoms with van der Waals surface area (Å²) in [7, 11) is 1.29. The summed E-state index contributed by atoms with van der Waals surface area (Å²) in [6.45, 7) is 4.78. The van der Waals surface area contributed by atoms with Crippen molar-refractivity contribution in [1.29, 1.82) is 0 Å². The maximum Gasteiger partial charge on any atom is 0.337 e. The summed E-state index contributed by atoms with van der Waals surface area (Å²) in [4.78, 5) is 40.0. The fraction of sp³-hybridized carbons (Fsp3) is 0.281. The Balaban J connectivity index is 1.75. The Bertz CT molecular complexity index is 1360. The molecule has 1 atom stereocenters. The molecule has 1 heterocycles. The minimum absolute atomic E-state index is 0.00194. The predicted molar refractivity (Wildman–Crippen MR) is 150 cm³/mol. The van der Waals surface area contributed by atoms with Crippen molar-refractivity contribution in [2.24, 2.45) is 0 Å². The van der Waals surface area contributed by atoms with Gasteiger partial charge in [-0.15, -0.1) is 0 Å². The summed E-state index contributed by atoms with van der Waals surface area (Å²) in [5.41, 5.74) is 2.93. The number of aliphatic hydroxyl groups is 1. The van der Waals surface area contributed by atoms with E-state index in [1.165, 1.54) is 24.1 Å². The lowest BCUT2D eigenvalue weighted by molar-refractivity contribution is -0.132. The number of amides is 1. The Morgan fingerprint density at radius 3 is 2.10 bits per heavy atom. The van der Waals surface area contributed by atoms with Crippen molar-refractivity contribution in [3.63, 3.8) is 0 Å². The van der Waals surface area contributed by atoms with Crippen molar-refractivity contribution >= 4 is 29.1 Å². The lowest BCUT2D eigenvalue weighted by atomic mass is 9.94. The van der Waals surface area contributed by atoms with Gasteiger partial charge in [0.25, 0.3) is 11.7 Å². The van der Waals surface area contributed by atoms with Gasteiger partial charge in [-0.1, -0.05) is 51.0 Å². The molecular formula is C32H33NO6. The van der Waals surface area contributed by atoms with Crippen LogP contribution < -0.4 is 9.64 Å². The molecule has 0 bridgehead atoms. The van der Waals surface area contributed by atoms with Crippen LogP contribution in [0.25, 0.3) is 5.76 Å². The van der Waals surface area contributed by atoms with Gasteiger partial charge in [0, 0.05) is 11.3 Å². The molecule has 1 fully saturated rings. The van der Waals surface area contributed by atoms with Gasteiger partial charge >= 0.3 is 5.97 Å². The van der Waals surface area contributed by atoms with Gasteiger partial charge < -0.3 is 14.6 Å². The van der Waals surface area contributed by atoms with E-state index in [0.717, 1.165) is 31.2 Å². The Hall–Kier alpha value is -4.39. The number of rotatable bonds is 10. The smallest absolute Gasteiger partial charge is 0.337 e. The number of ether oxygens (including phenoxy) is 2. The quantitative estimate of drug-likeness (QED) is 0.110. The standard InChI is InChI=1S/C32H33NO6/c1-4-6-7-20-39-26-18-14-23(15-19-26)29(34)27-28(22-10-8-21(5-2)9-11-22)33(31(36)30(27)35)25-16-12-24(13-17-25)32(37)38-3/h8-19,28,34H,4-7,20H2,1-3H3/b29-27+. The monoisotopic (exact) mass is 527 g/mol. The van der Waals surface area contributed by atoms with Crippen LogP contribution in [-0.2, 0) is 20.7 Å². The van der Waals surface area contributed by atoms with E-state index in [0.29, 0.717) is 34.7 Å². The maximum atomic E-state index is 13.4. The fourth-order valence-electron chi connectivity index (χ4n) is 4.63. The van der Waals surface area contributed by atoms with E-state index in [1.807, 2.05) is 31.2 Å². The molecule has 0 aromatic heterocycles. The number of carbonyl (C=O) groups excluding carboxylic acids is 3. The van der Waals surface area contributed by atoms with Crippen LogP contribution in [-0.4, -0.2) is 36.5 Å². The Morgan fingerprint density at radius 1 is 0.872 bits per heavy atom. The predicted octanol–water partition coefficient (Wildman–Crippen LogP) is 6.23. The molecule has 3 aromatic rings. The molecule has 3 aromatic carbocycles. The molecule has 1 N–H and O–H groups in total. The van der Waals surface area contributed by atoms with Crippen LogP contribution in [0.5, 0.6) is 5.75 Å². The maximum absolute atomic E-state index is 13.4. The van der Waals surface area contributed by atoms with Crippen LogP contribution in [0, 0.1) is 0 Å². The fourth-order valence-corrected chi connectivity index (χ4v) is 4.63. The second-order valence-electron chi connectivity index (χ2n) is 9.38. The van der Waals surface area contributed by atoms with Crippen molar-refractivity contribution < 1.29 is 29.0 Å². The number of nitrogens with zero attached hydrogens (tertiary/aromatic N) is 1. The molecule has 1 saturated heterocycles. The second kappa shape index (κ2) is 12.4. The van der Waals surface area contributed by atoms with Gasteiger partial charge in [-0.2, -0.15) is 0 Å². The summed E-state index contributed by atoms with van der Waals surface area (Å²) in [5, 5.41) is 11.4. The number of anilines is 1. The van der Waals surface area contributed by atoms with E-state index in [4.69, 9.17) is 9.47 Å². The number of aryl methyl sites for hydroxylation is 1. The normalized spacial score (nSPS) is 16.4. The van der Waals surface area contributed by atoms with Gasteiger partial charge in [0.05, 0.1) is 30.9 Å². The highest BCUT2D eigenvalue weighted by Crippen LogP contribution is 2.42. The number of ketones is 1. The summed E-state index contributed by atoms with van der Waals surface area (Å²) in [5.74, 6) is -1.64. The average molecular weight is 528 g/mol. The molecule has 0 spiro atoms. The first-order chi connectivity index (χ1) is 18.9. The Morgan fingerprint density at radius 2 is 1.51 bits per heavy atom. The van der Waals surface area contributed by atoms with Crippen molar-refractivity contribution in [2.45, 2.75) is 45.6 Å². The number of benzene rings is 3. The zero-order chi connectivity index (χ0) is 27.9. The van der Waals surface area contributed by atoms with Crippen LogP contribution in [0.2, 0.25) is 0 Å². The van der Waals surface area contributed by atoms with E-state index < -0.39 is 23.7 Å². The second-order valence-corrected chi connectivity index (χ2v) is 9.38. The van der Waals surface area contributed by atoms with E-state index in [1.54, 1.807) is 36.4 Å². The molecule has 7 nitrogen and oxygen atoms in total. The highest BCUT2D eigenvalue weighted by atomic mass is 16.5. The van der Waals surface area contributed by atoms with E-state index in [9.17, 15) is 19.5 Å². The van der Waals surface area contributed by atoms with Crippen LogP contribution in [0.15, 0.2) is 78.4 Å². The van der Waals surface area contributed by atoms with Gasteiger partial charge in [-0.05, 0) is 72.5 Å². The number of Topliss-reactive ketones (excluding diaryl/α,β-unsaturated/α-hetero) is 1. The largest absolute Gasteiger partial charge is 0.507 e. The van der Waals surface area contributed by atoms with Crippen molar-refractivity contribution in [1.82, 2.24) is 0 Å². The number of aliphatic hydroxyl groups excluding tert-OH is 1. The lowest BCUT2D eigenvalue weighted by Crippen LogP contribution is -2.29. The van der Waals surface area contributed by atoms with Crippen molar-refractivity contribution in [3.8, 4) is 5.75 Å². The highest BCUT2D eigenvalue weighted by Gasteiger charge is 2.47. The zero-order valence-electron chi connectivity index (χ0n) is 22.5. The molecule has 0 aliphatic carbocycles. The molecule has 0 saturated carbocycles. The minimum Gasteiger partial charge on any atom is -0.507 e. The third-order valence-corrected chi connectivity index (χ3v) is 6.86. The number of unbranched alkanes of at least 4 members (excludes halogenated alkanes) is 2. The van der Waals surface area contributed by atoms with Gasteiger partial charge in [0.1, 0.15) is 11.5 Å². The molecule has 39 heavy (non-hydrogen) atoms. The minimum atomic E-state index is -0.857. The van der Waals surface area contributed by atoms with Gasteiger partial charge in [-0.3, -0.25) is 14.5 Å². The summed E-state index contributed by atoms with van der Waals surface area (Å²) >= 11 is 0. The molecule has 1 unspecified atom stereocenters. The highest BCUT2D eigenvalue weighted by molar-refractivity contribution is 6.51.